The van der Waals surface area contributed by atoms with E-state index in [0.717, 1.165) is 19.2 Å². The van der Waals surface area contributed by atoms with Gasteiger partial charge in [0.1, 0.15) is 11.2 Å². The summed E-state index contributed by atoms with van der Waals surface area (Å²) >= 11 is 0. The van der Waals surface area contributed by atoms with E-state index in [-0.39, 0.29) is 0 Å². The Morgan fingerprint density at radius 3 is 2.08 bits per heavy atom. The summed E-state index contributed by atoms with van der Waals surface area (Å²) in [6.45, 7) is 9.44. The molecule has 0 aliphatic carbocycles. The maximum Gasteiger partial charge on any atom is 0.469 e. The third-order valence-corrected chi connectivity index (χ3v) is 5.14. The molecule has 2 rings (SSSR count). The molecule has 0 unspecified atom stereocenters. The zero-order chi connectivity index (χ0) is 27.9. The van der Waals surface area contributed by atoms with Gasteiger partial charge >= 0.3 is 25.7 Å². The Labute approximate surface area is 205 Å². The lowest BCUT2D eigenvalue weighted by Crippen LogP contribution is -2.45. The van der Waals surface area contributed by atoms with Gasteiger partial charge in [-0.15, -0.1) is 0 Å². The van der Waals surface area contributed by atoms with E-state index in [1.807, 2.05) is 0 Å². The molecule has 2 heterocycles. The first-order valence-corrected chi connectivity index (χ1v) is 12.2. The Kier molecular flexibility index (Phi) is 8.38. The van der Waals surface area contributed by atoms with E-state index in [1.165, 1.54) is 41.5 Å². The minimum Gasteiger partial charge on any atom is -0.443 e. The van der Waals surface area contributed by atoms with Crippen molar-refractivity contribution in [2.75, 3.05) is 11.5 Å². The molecule has 204 valence electrons. The lowest BCUT2D eigenvalue weighted by atomic mass is 10.00. The van der Waals surface area contributed by atoms with E-state index in [4.69, 9.17) is 24.0 Å². The predicted octanol–water partition coefficient (Wildman–Crippen LogP) is 3.20. The van der Waals surface area contributed by atoms with E-state index < -0.39 is 73.5 Å². The zero-order valence-electron chi connectivity index (χ0n) is 20.8. The van der Waals surface area contributed by atoms with E-state index in [2.05, 4.69) is 9.51 Å². The molecule has 1 fully saturated rings. The molecule has 3 atom stereocenters. The Balaban J connectivity index is 2.42. The average Bonchev–Trinajstić information content (AvgIpc) is 2.86. The van der Waals surface area contributed by atoms with Crippen LogP contribution >= 0.6 is 7.82 Å². The topological polar surface area (TPSA) is 167 Å². The molecule has 16 heteroatoms. The van der Waals surface area contributed by atoms with Gasteiger partial charge in [-0.1, -0.05) is 6.92 Å². The van der Waals surface area contributed by atoms with E-state index in [1.54, 1.807) is 0 Å². The minimum atomic E-state index is -4.95. The zero-order valence-corrected chi connectivity index (χ0v) is 21.7. The number of rotatable bonds is 5. The third kappa shape index (κ3) is 7.53. The number of nitrogens with zero attached hydrogens (tertiary/aromatic N) is 3. The second-order valence-electron chi connectivity index (χ2n) is 10.0. The molecule has 0 bridgehead atoms. The highest BCUT2D eigenvalue weighted by molar-refractivity contribution is 7.46. The quantitative estimate of drug-likeness (QED) is 0.526. The molecule has 1 aromatic rings. The number of anilines is 1. The van der Waals surface area contributed by atoms with Gasteiger partial charge in [0, 0.05) is 6.20 Å². The van der Waals surface area contributed by atoms with Gasteiger partial charge in [-0.3, -0.25) is 9.09 Å². The largest absolute Gasteiger partial charge is 0.469 e. The van der Waals surface area contributed by atoms with E-state index in [0.29, 0.717) is 9.47 Å². The number of carbonyl (C=O) groups excluding carboxylic acids is 2. The molecule has 0 aromatic carbocycles. The van der Waals surface area contributed by atoms with Crippen LogP contribution in [0.5, 0.6) is 0 Å². The maximum absolute atomic E-state index is 14.9. The summed E-state index contributed by atoms with van der Waals surface area (Å²) in [5.41, 5.74) is -3.38. The number of phosphoric ester groups is 1. The molecular weight excluding hydrogens is 511 g/mol. The first-order valence-electron chi connectivity index (χ1n) is 10.7. The van der Waals surface area contributed by atoms with Crippen molar-refractivity contribution in [2.24, 2.45) is 5.92 Å². The molecule has 13 nitrogen and oxygen atoms in total. The summed E-state index contributed by atoms with van der Waals surface area (Å²) in [7, 11) is -4.95. The number of halogens is 2. The average molecular weight is 541 g/mol. The van der Waals surface area contributed by atoms with Crippen molar-refractivity contribution in [1.29, 1.82) is 0 Å². The van der Waals surface area contributed by atoms with Crippen molar-refractivity contribution in [1.82, 2.24) is 9.55 Å². The number of phosphoric acid groups is 1. The molecule has 36 heavy (non-hydrogen) atoms. The maximum atomic E-state index is 14.9. The monoisotopic (exact) mass is 541 g/mol. The SMILES string of the molecule is C[C@@H]1[C@@H](COP(=O)(O)O)O[C@@H](n2ccc(N(C(=O)OC(C)(C)C)C(=O)OC(C)(C)C)nc2=O)C1(F)F. The predicted molar refractivity (Wildman–Crippen MR) is 119 cm³/mol. The third-order valence-electron chi connectivity index (χ3n) is 4.65. The second kappa shape index (κ2) is 10.1. The Morgan fingerprint density at radius 2 is 1.67 bits per heavy atom. The van der Waals surface area contributed by atoms with Crippen molar-refractivity contribution >= 4 is 25.8 Å². The van der Waals surface area contributed by atoms with Crippen molar-refractivity contribution < 1.29 is 51.5 Å². The molecule has 1 saturated heterocycles. The fourth-order valence-electron chi connectivity index (χ4n) is 3.04. The number of ether oxygens (including phenoxy) is 3. The first kappa shape index (κ1) is 29.8. The summed E-state index contributed by atoms with van der Waals surface area (Å²) in [5, 5.41) is 0. The van der Waals surface area contributed by atoms with Crippen LogP contribution in [0.2, 0.25) is 0 Å². The molecule has 0 radical (unpaired) electrons. The van der Waals surface area contributed by atoms with Gasteiger partial charge in [-0.05, 0) is 47.6 Å². The van der Waals surface area contributed by atoms with Crippen LogP contribution in [0.3, 0.4) is 0 Å². The van der Waals surface area contributed by atoms with E-state index >= 15 is 0 Å². The fourth-order valence-corrected chi connectivity index (χ4v) is 3.38. The van der Waals surface area contributed by atoms with Gasteiger partial charge in [-0.25, -0.2) is 27.7 Å². The number of alkyl halides is 2. The van der Waals surface area contributed by atoms with Crippen molar-refractivity contribution in [3.8, 4) is 0 Å². The smallest absolute Gasteiger partial charge is 0.443 e. The normalized spacial score (nSPS) is 22.2. The number of hydrogen-bond donors (Lipinski definition) is 2. The Hall–Kier alpha value is -2.45. The van der Waals surface area contributed by atoms with Crippen LogP contribution in [0.15, 0.2) is 17.1 Å². The molecule has 1 aromatic heterocycles. The van der Waals surface area contributed by atoms with Crippen molar-refractivity contribution in [3.05, 3.63) is 22.7 Å². The fraction of sp³-hybridized carbons (Fsp3) is 0.700. The summed E-state index contributed by atoms with van der Waals surface area (Å²) in [6, 6.07) is 0.943. The molecule has 1 aliphatic heterocycles. The lowest BCUT2D eigenvalue weighted by Gasteiger charge is -2.28. The molecule has 0 saturated carbocycles. The van der Waals surface area contributed by atoms with Crippen molar-refractivity contribution in [3.63, 3.8) is 0 Å². The standard InChI is InChI=1S/C20H30F2N3O10P/c1-11-12(10-32-36(29,30)31)33-14(20(11,21)22)24-9-8-13(23-15(24)26)25(16(27)34-18(2,3)4)17(28)35-19(5,6)7/h8-9,11-12,14H,10H2,1-7H3,(H2,29,30,31)/t11-,12-,14-/m1/s1. The van der Waals surface area contributed by atoms with E-state index in [9.17, 15) is 27.7 Å². The van der Waals surface area contributed by atoms with Gasteiger partial charge in [0.15, 0.2) is 5.82 Å². The van der Waals surface area contributed by atoms with Crippen LogP contribution < -0.4 is 10.6 Å². The summed E-state index contributed by atoms with van der Waals surface area (Å²) in [4.78, 5) is 59.8. The summed E-state index contributed by atoms with van der Waals surface area (Å²) in [6.07, 6.45) is -5.27. The molecule has 2 N–H and O–H groups in total. The van der Waals surface area contributed by atoms with Gasteiger partial charge < -0.3 is 24.0 Å². The highest BCUT2D eigenvalue weighted by Gasteiger charge is 2.58. The molecule has 1 aliphatic rings. The van der Waals surface area contributed by atoms with Gasteiger partial charge in [-0.2, -0.15) is 9.88 Å². The minimum absolute atomic E-state index is 0.356. The second-order valence-corrected chi connectivity index (χ2v) is 11.3. The number of imide groups is 1. The van der Waals surface area contributed by atoms with Crippen LogP contribution in [-0.2, 0) is 23.3 Å². The first-order chi connectivity index (χ1) is 16.1. The lowest BCUT2D eigenvalue weighted by molar-refractivity contribution is -0.126. The van der Waals surface area contributed by atoms with Crippen LogP contribution in [0.4, 0.5) is 24.2 Å². The number of amides is 2. The van der Waals surface area contributed by atoms with Crippen LogP contribution in [-0.4, -0.2) is 61.4 Å². The number of aromatic nitrogens is 2. The summed E-state index contributed by atoms with van der Waals surface area (Å²) in [5.74, 6) is -5.82. The van der Waals surface area contributed by atoms with Crippen LogP contribution in [0.1, 0.15) is 54.7 Å². The van der Waals surface area contributed by atoms with Crippen molar-refractivity contribution in [2.45, 2.75) is 77.9 Å². The van der Waals surface area contributed by atoms with Crippen LogP contribution in [0.25, 0.3) is 0 Å². The Bertz CT molecular complexity index is 1060. The molecular formula is C20H30F2N3O10P. The van der Waals surface area contributed by atoms with Crippen LogP contribution in [0, 0.1) is 5.92 Å². The van der Waals surface area contributed by atoms with Gasteiger partial charge in [0.25, 0.3) is 5.92 Å². The number of hydrogen-bond acceptors (Lipinski definition) is 9. The molecule has 0 spiro atoms. The van der Waals surface area contributed by atoms with Gasteiger partial charge in [0.05, 0.1) is 18.6 Å². The molecule has 2 amide bonds. The Morgan fingerprint density at radius 1 is 1.17 bits per heavy atom. The summed E-state index contributed by atoms with van der Waals surface area (Å²) < 4.78 is 61.0. The highest BCUT2D eigenvalue weighted by atomic mass is 31.2. The van der Waals surface area contributed by atoms with Gasteiger partial charge in [0.2, 0.25) is 6.23 Å². The number of carbonyl (C=O) groups is 2. The highest BCUT2D eigenvalue weighted by Crippen LogP contribution is 2.47.